The highest BCUT2D eigenvalue weighted by Crippen LogP contribution is 2.30. The molecule has 1 aromatic carbocycles. The van der Waals surface area contributed by atoms with Crippen LogP contribution in [0.15, 0.2) is 24.3 Å². The van der Waals surface area contributed by atoms with E-state index in [2.05, 4.69) is 20.6 Å². The Hall–Kier alpha value is -3.20. The number of aryl methyl sites for hydroxylation is 2. The van der Waals surface area contributed by atoms with Gasteiger partial charge in [0.2, 0.25) is 0 Å². The van der Waals surface area contributed by atoms with Crippen molar-refractivity contribution in [2.45, 2.75) is 27.7 Å². The SMILES string of the molecule is CC.CCNC(=O)Nc1ccc(-c2nc(N3CCOCC3)c3c(n2)c(C)nn3C)cc1. The van der Waals surface area contributed by atoms with Crippen LogP contribution in [0.1, 0.15) is 26.5 Å². The maximum atomic E-state index is 11.7. The molecule has 4 rings (SSSR count). The number of benzene rings is 1. The molecule has 2 N–H and O–H groups in total. The molecule has 9 heteroatoms. The van der Waals surface area contributed by atoms with Crippen LogP contribution in [0.5, 0.6) is 0 Å². The minimum Gasteiger partial charge on any atom is -0.378 e. The van der Waals surface area contributed by atoms with Gasteiger partial charge in [0.1, 0.15) is 11.0 Å². The molecule has 0 bridgehead atoms. The standard InChI is InChI=1S/C20H25N7O2.C2H6/c1-4-21-20(28)22-15-7-5-14(6-8-15)18-23-16-13(2)25-26(3)17(16)19(24-18)27-9-11-29-12-10-27;1-2/h5-8H,4,9-12H2,1-3H3,(H2,21,22,28);1-2H3. The molecule has 2 aromatic heterocycles. The fourth-order valence-corrected chi connectivity index (χ4v) is 3.48. The highest BCUT2D eigenvalue weighted by Gasteiger charge is 2.22. The van der Waals surface area contributed by atoms with Crippen molar-refractivity contribution in [3.8, 4) is 11.4 Å². The normalized spacial score (nSPS) is 13.5. The fraction of sp³-hybridized carbons (Fsp3) is 0.455. The highest BCUT2D eigenvalue weighted by atomic mass is 16.5. The summed E-state index contributed by atoms with van der Waals surface area (Å²) in [4.78, 5) is 23.6. The zero-order valence-corrected chi connectivity index (χ0v) is 18.9. The zero-order chi connectivity index (χ0) is 22.4. The number of anilines is 2. The maximum Gasteiger partial charge on any atom is 0.319 e. The Morgan fingerprint density at radius 2 is 1.81 bits per heavy atom. The summed E-state index contributed by atoms with van der Waals surface area (Å²) in [6.45, 7) is 11.3. The first-order valence-corrected chi connectivity index (χ1v) is 10.8. The van der Waals surface area contributed by atoms with Crippen LogP contribution in [-0.4, -0.2) is 58.6 Å². The number of hydrogen-bond donors (Lipinski definition) is 2. The number of fused-ring (bicyclic) bond motifs is 1. The Morgan fingerprint density at radius 1 is 1.13 bits per heavy atom. The highest BCUT2D eigenvalue weighted by molar-refractivity contribution is 5.91. The van der Waals surface area contributed by atoms with Crippen LogP contribution in [0, 0.1) is 6.92 Å². The summed E-state index contributed by atoms with van der Waals surface area (Å²) in [5.74, 6) is 1.51. The quantitative estimate of drug-likeness (QED) is 0.665. The molecule has 9 nitrogen and oxygen atoms in total. The van der Waals surface area contributed by atoms with Crippen LogP contribution in [0.4, 0.5) is 16.3 Å². The lowest BCUT2D eigenvalue weighted by Crippen LogP contribution is -2.37. The van der Waals surface area contributed by atoms with Crippen LogP contribution in [0.25, 0.3) is 22.4 Å². The van der Waals surface area contributed by atoms with Gasteiger partial charge in [0.25, 0.3) is 0 Å². The lowest BCUT2D eigenvalue weighted by atomic mass is 10.2. The van der Waals surface area contributed by atoms with Gasteiger partial charge >= 0.3 is 6.03 Å². The van der Waals surface area contributed by atoms with E-state index in [1.165, 1.54) is 0 Å². The van der Waals surface area contributed by atoms with Gasteiger partial charge in [0, 0.05) is 37.9 Å². The molecular weight excluding hydrogens is 394 g/mol. The van der Waals surface area contributed by atoms with Gasteiger partial charge in [-0.05, 0) is 38.1 Å². The topological polar surface area (TPSA) is 97.2 Å². The molecule has 0 radical (unpaired) electrons. The van der Waals surface area contributed by atoms with Crippen molar-refractivity contribution in [1.29, 1.82) is 0 Å². The molecule has 0 saturated carbocycles. The molecule has 1 aliphatic heterocycles. The molecule has 166 valence electrons. The number of aromatic nitrogens is 4. The summed E-state index contributed by atoms with van der Waals surface area (Å²) >= 11 is 0. The van der Waals surface area contributed by atoms with Crippen molar-refractivity contribution in [3.63, 3.8) is 0 Å². The van der Waals surface area contributed by atoms with Crippen molar-refractivity contribution in [2.75, 3.05) is 43.1 Å². The number of urea groups is 1. The van der Waals surface area contributed by atoms with Gasteiger partial charge in [-0.2, -0.15) is 5.10 Å². The van der Waals surface area contributed by atoms with Crippen molar-refractivity contribution in [1.82, 2.24) is 25.1 Å². The first kappa shape index (κ1) is 22.5. The molecule has 3 heterocycles. The van der Waals surface area contributed by atoms with Gasteiger partial charge < -0.3 is 20.3 Å². The number of nitrogens with one attached hydrogen (secondary N) is 2. The van der Waals surface area contributed by atoms with E-state index in [1.807, 2.05) is 63.7 Å². The number of hydrogen-bond acceptors (Lipinski definition) is 6. The third-order valence-corrected chi connectivity index (χ3v) is 4.88. The van der Waals surface area contributed by atoms with E-state index >= 15 is 0 Å². The molecular formula is C22H31N7O2. The number of carbonyl (C=O) groups excluding carboxylic acids is 1. The first-order chi connectivity index (χ1) is 15.1. The fourth-order valence-electron chi connectivity index (χ4n) is 3.48. The molecule has 0 aliphatic carbocycles. The Balaban J connectivity index is 0.00000132. The second-order valence-corrected chi connectivity index (χ2v) is 6.94. The summed E-state index contributed by atoms with van der Waals surface area (Å²) in [6, 6.07) is 7.30. The Bertz CT molecular complexity index is 1020. The number of nitrogens with zero attached hydrogens (tertiary/aromatic N) is 5. The molecule has 1 saturated heterocycles. The molecule has 31 heavy (non-hydrogen) atoms. The number of morpholine rings is 1. The third kappa shape index (κ3) is 4.93. The molecule has 2 amide bonds. The van der Waals surface area contributed by atoms with E-state index in [0.29, 0.717) is 31.3 Å². The number of amides is 2. The molecule has 3 aromatic rings. The predicted octanol–water partition coefficient (Wildman–Crippen LogP) is 3.34. The van der Waals surface area contributed by atoms with Crippen molar-refractivity contribution in [2.24, 2.45) is 7.05 Å². The molecule has 1 aliphatic rings. The second-order valence-electron chi connectivity index (χ2n) is 6.94. The minimum absolute atomic E-state index is 0.224. The summed E-state index contributed by atoms with van der Waals surface area (Å²) in [7, 11) is 1.92. The lowest BCUT2D eigenvalue weighted by Gasteiger charge is -2.28. The Kier molecular flexibility index (Phi) is 7.41. The maximum absolute atomic E-state index is 11.7. The van der Waals surface area contributed by atoms with Crippen LogP contribution in [0.2, 0.25) is 0 Å². The van der Waals surface area contributed by atoms with Crippen LogP contribution in [-0.2, 0) is 11.8 Å². The van der Waals surface area contributed by atoms with Crippen LogP contribution in [0.3, 0.4) is 0 Å². The monoisotopic (exact) mass is 425 g/mol. The molecule has 0 atom stereocenters. The van der Waals surface area contributed by atoms with Gasteiger partial charge in [-0.25, -0.2) is 14.8 Å². The third-order valence-electron chi connectivity index (χ3n) is 4.88. The first-order valence-electron chi connectivity index (χ1n) is 10.8. The van der Waals surface area contributed by atoms with Gasteiger partial charge in [-0.15, -0.1) is 0 Å². The van der Waals surface area contributed by atoms with E-state index in [0.717, 1.165) is 41.2 Å². The zero-order valence-electron chi connectivity index (χ0n) is 18.9. The van der Waals surface area contributed by atoms with Gasteiger partial charge in [-0.1, -0.05) is 13.8 Å². The van der Waals surface area contributed by atoms with Crippen molar-refractivity contribution >= 4 is 28.6 Å². The molecule has 0 spiro atoms. The van der Waals surface area contributed by atoms with E-state index < -0.39 is 0 Å². The second kappa shape index (κ2) is 10.2. The van der Waals surface area contributed by atoms with E-state index in [1.54, 1.807) is 0 Å². The average molecular weight is 426 g/mol. The largest absolute Gasteiger partial charge is 0.378 e. The van der Waals surface area contributed by atoms with Gasteiger partial charge in [-0.3, -0.25) is 4.68 Å². The Labute approximate surface area is 182 Å². The van der Waals surface area contributed by atoms with E-state index in [9.17, 15) is 4.79 Å². The Morgan fingerprint density at radius 3 is 2.45 bits per heavy atom. The summed E-state index contributed by atoms with van der Waals surface area (Å²) in [6.07, 6.45) is 0. The predicted molar refractivity (Wildman–Crippen MR) is 124 cm³/mol. The summed E-state index contributed by atoms with van der Waals surface area (Å²) in [5.41, 5.74) is 4.25. The number of carbonyl (C=O) groups is 1. The van der Waals surface area contributed by atoms with Crippen molar-refractivity contribution in [3.05, 3.63) is 30.0 Å². The van der Waals surface area contributed by atoms with Gasteiger partial charge in [0.05, 0.1) is 18.9 Å². The lowest BCUT2D eigenvalue weighted by molar-refractivity contribution is 0.122. The van der Waals surface area contributed by atoms with E-state index in [4.69, 9.17) is 14.7 Å². The summed E-state index contributed by atoms with van der Waals surface area (Å²) < 4.78 is 7.34. The van der Waals surface area contributed by atoms with Crippen LogP contribution < -0.4 is 15.5 Å². The van der Waals surface area contributed by atoms with Crippen molar-refractivity contribution < 1.29 is 9.53 Å². The smallest absolute Gasteiger partial charge is 0.319 e. The van der Waals surface area contributed by atoms with Crippen LogP contribution >= 0.6 is 0 Å². The van der Waals surface area contributed by atoms with E-state index in [-0.39, 0.29) is 6.03 Å². The minimum atomic E-state index is -0.224. The number of ether oxygens (including phenoxy) is 1. The average Bonchev–Trinajstić information content (AvgIpc) is 3.09. The molecule has 0 unspecified atom stereocenters. The number of rotatable bonds is 4. The molecule has 1 fully saturated rings. The van der Waals surface area contributed by atoms with Gasteiger partial charge in [0.15, 0.2) is 11.6 Å². The summed E-state index contributed by atoms with van der Waals surface area (Å²) in [5, 5.41) is 10.1.